The van der Waals surface area contributed by atoms with Gasteiger partial charge in [0, 0.05) is 24.2 Å². The van der Waals surface area contributed by atoms with Gasteiger partial charge in [0.2, 0.25) is 6.41 Å². The summed E-state index contributed by atoms with van der Waals surface area (Å²) in [5.41, 5.74) is 2.41. The van der Waals surface area contributed by atoms with Crippen LogP contribution in [-0.2, 0) is 4.79 Å². The molecule has 4 aromatic rings. The van der Waals surface area contributed by atoms with Crippen LogP contribution in [0.4, 0.5) is 10.9 Å². The second-order valence-electron chi connectivity index (χ2n) is 5.23. The summed E-state index contributed by atoms with van der Waals surface area (Å²) in [4.78, 5) is 18.6. The predicted molar refractivity (Wildman–Crippen MR) is 106 cm³/mol. The van der Waals surface area contributed by atoms with Crippen LogP contribution in [0.15, 0.2) is 54.2 Å². The van der Waals surface area contributed by atoms with Crippen molar-refractivity contribution in [3.8, 4) is 17.0 Å². The third-order valence-electron chi connectivity index (χ3n) is 3.54. The Morgan fingerprint density at radius 1 is 1.26 bits per heavy atom. The minimum atomic E-state index is 0.468. The van der Waals surface area contributed by atoms with E-state index >= 15 is 0 Å². The van der Waals surface area contributed by atoms with Crippen molar-refractivity contribution in [2.24, 2.45) is 0 Å². The molecule has 2 N–H and O–H groups in total. The number of fused-ring (bicyclic) bond motifs is 1. The van der Waals surface area contributed by atoms with E-state index in [0.29, 0.717) is 17.9 Å². The minimum Gasteiger partial charge on any atom is -0.497 e. The quantitative estimate of drug-likeness (QED) is 0.515. The molecule has 0 unspecified atom stereocenters. The van der Waals surface area contributed by atoms with Crippen LogP contribution >= 0.6 is 11.3 Å². The van der Waals surface area contributed by atoms with Crippen molar-refractivity contribution in [3.05, 3.63) is 54.2 Å². The first-order valence-electron chi connectivity index (χ1n) is 8.02. The monoisotopic (exact) mass is 382 g/mol. The summed E-state index contributed by atoms with van der Waals surface area (Å²) in [5.74, 6) is 1.24. The summed E-state index contributed by atoms with van der Waals surface area (Å²) in [6.45, 7) is 0. The zero-order chi connectivity index (χ0) is 19.1. The van der Waals surface area contributed by atoms with E-state index < -0.39 is 0 Å². The molecule has 0 spiro atoms. The first-order valence-corrected chi connectivity index (χ1v) is 8.89. The Kier molecular flexibility index (Phi) is 5.95. The molecule has 0 radical (unpaired) electrons. The predicted octanol–water partition coefficient (Wildman–Crippen LogP) is 3.16. The summed E-state index contributed by atoms with van der Waals surface area (Å²) in [5, 5.41) is 12.8. The fourth-order valence-corrected chi connectivity index (χ4v) is 2.79. The molecule has 1 amide bonds. The van der Waals surface area contributed by atoms with E-state index in [1.807, 2.05) is 48.8 Å². The van der Waals surface area contributed by atoms with Crippen LogP contribution in [0.2, 0.25) is 0 Å². The van der Waals surface area contributed by atoms with Crippen molar-refractivity contribution in [3.63, 3.8) is 0 Å². The van der Waals surface area contributed by atoms with E-state index in [9.17, 15) is 4.79 Å². The summed E-state index contributed by atoms with van der Waals surface area (Å²) in [6.07, 6.45) is 4.02. The Balaban J connectivity index is 0.000000253. The number of hydrogen-bond acceptors (Lipinski definition) is 7. The molecule has 138 valence electrons. The van der Waals surface area contributed by atoms with Crippen LogP contribution in [0, 0.1) is 0 Å². The Morgan fingerprint density at radius 2 is 2.15 bits per heavy atom. The number of methoxy groups -OCH3 is 1. The number of rotatable bonds is 5. The minimum absolute atomic E-state index is 0.468. The molecule has 0 bridgehead atoms. The van der Waals surface area contributed by atoms with Gasteiger partial charge in [-0.25, -0.2) is 14.5 Å². The van der Waals surface area contributed by atoms with Crippen LogP contribution in [0.25, 0.3) is 16.9 Å². The summed E-state index contributed by atoms with van der Waals surface area (Å²) >= 11 is 1.60. The molecule has 0 atom stereocenters. The Hall–Kier alpha value is -3.46. The number of imidazole rings is 1. The highest BCUT2D eigenvalue weighted by Crippen LogP contribution is 2.22. The highest BCUT2D eigenvalue weighted by molar-refractivity contribution is 7.13. The van der Waals surface area contributed by atoms with Crippen molar-refractivity contribution in [1.82, 2.24) is 19.6 Å². The van der Waals surface area contributed by atoms with E-state index in [0.717, 1.165) is 22.1 Å². The van der Waals surface area contributed by atoms with Gasteiger partial charge in [-0.05, 0) is 24.3 Å². The molecule has 0 saturated carbocycles. The number of hydrogen-bond donors (Lipinski definition) is 2. The maximum Gasteiger partial charge on any atom is 0.212 e. The molecule has 9 heteroatoms. The van der Waals surface area contributed by atoms with Crippen molar-refractivity contribution >= 4 is 34.3 Å². The highest BCUT2D eigenvalue weighted by atomic mass is 32.1. The molecule has 8 nitrogen and oxygen atoms in total. The van der Waals surface area contributed by atoms with Gasteiger partial charge >= 0.3 is 0 Å². The van der Waals surface area contributed by atoms with Crippen molar-refractivity contribution in [2.75, 3.05) is 24.8 Å². The van der Waals surface area contributed by atoms with Gasteiger partial charge in [-0.2, -0.15) is 5.10 Å². The lowest BCUT2D eigenvalue weighted by Crippen LogP contribution is -1.94. The Labute approximate surface area is 159 Å². The number of nitrogens with one attached hydrogen (secondary N) is 2. The Morgan fingerprint density at radius 3 is 2.81 bits per heavy atom. The zero-order valence-corrected chi connectivity index (χ0v) is 15.6. The van der Waals surface area contributed by atoms with E-state index in [1.165, 1.54) is 0 Å². The first kappa shape index (κ1) is 18.3. The van der Waals surface area contributed by atoms with Crippen molar-refractivity contribution < 1.29 is 9.53 Å². The number of aromatic nitrogens is 4. The van der Waals surface area contributed by atoms with Crippen LogP contribution in [0.5, 0.6) is 5.75 Å². The van der Waals surface area contributed by atoms with Gasteiger partial charge in [0.25, 0.3) is 0 Å². The number of nitrogens with zero attached hydrogens (tertiary/aromatic N) is 4. The van der Waals surface area contributed by atoms with Crippen LogP contribution in [-0.4, -0.2) is 40.1 Å². The standard InChI is InChI=1S/C14H12N4O2.C4H6N2S/c1-20-11-4-2-3-10(7-11)12-5-6-14-16-13(15-9-19)8-18(14)17-12;1-5-4-6-2-3-7-4/h2-9H,1H3,(H,15,19);2-3H,1H3,(H,5,6). The number of carbonyl (C=O) groups excluding carboxylic acids is 1. The molecule has 0 aliphatic rings. The average molecular weight is 382 g/mol. The molecule has 4 rings (SSSR count). The highest BCUT2D eigenvalue weighted by Gasteiger charge is 2.05. The maximum absolute atomic E-state index is 10.4. The van der Waals surface area contributed by atoms with E-state index in [4.69, 9.17) is 4.74 Å². The molecular formula is C18H18N6O2S. The van der Waals surface area contributed by atoms with E-state index in [2.05, 4.69) is 25.7 Å². The molecule has 0 fully saturated rings. The molecule has 27 heavy (non-hydrogen) atoms. The average Bonchev–Trinajstić information content (AvgIpc) is 3.37. The van der Waals surface area contributed by atoms with Gasteiger partial charge in [0.1, 0.15) is 5.75 Å². The maximum atomic E-state index is 10.4. The molecule has 3 heterocycles. The summed E-state index contributed by atoms with van der Waals surface area (Å²) in [6, 6.07) is 11.4. The third kappa shape index (κ3) is 4.59. The molecule has 0 saturated heterocycles. The molecule has 1 aromatic carbocycles. The fourth-order valence-electron chi connectivity index (χ4n) is 2.30. The van der Waals surface area contributed by atoms with Crippen molar-refractivity contribution in [1.29, 1.82) is 0 Å². The van der Waals surface area contributed by atoms with Gasteiger partial charge in [0.15, 0.2) is 16.6 Å². The zero-order valence-electron chi connectivity index (χ0n) is 14.8. The van der Waals surface area contributed by atoms with Crippen molar-refractivity contribution in [2.45, 2.75) is 0 Å². The lowest BCUT2D eigenvalue weighted by molar-refractivity contribution is -0.105. The number of amides is 1. The van der Waals surface area contributed by atoms with Crippen LogP contribution in [0.3, 0.4) is 0 Å². The van der Waals surface area contributed by atoms with Crippen LogP contribution < -0.4 is 15.4 Å². The second kappa shape index (κ2) is 8.77. The van der Waals surface area contributed by atoms with Gasteiger partial charge in [-0.15, -0.1) is 11.3 Å². The summed E-state index contributed by atoms with van der Waals surface area (Å²) < 4.78 is 6.83. The van der Waals surface area contributed by atoms with Gasteiger partial charge in [-0.3, -0.25) is 4.79 Å². The van der Waals surface area contributed by atoms with Gasteiger partial charge in [0.05, 0.1) is 19.0 Å². The SMILES string of the molecule is CNc1nccs1.COc1cccc(-c2ccc3nc(NC=O)cn3n2)c1. The topological polar surface area (TPSA) is 93.4 Å². The summed E-state index contributed by atoms with van der Waals surface area (Å²) in [7, 11) is 3.49. The molecular weight excluding hydrogens is 364 g/mol. The van der Waals surface area contributed by atoms with E-state index in [-0.39, 0.29) is 0 Å². The van der Waals surface area contributed by atoms with Gasteiger partial charge in [-0.1, -0.05) is 12.1 Å². The second-order valence-corrected chi connectivity index (χ2v) is 6.12. The smallest absolute Gasteiger partial charge is 0.212 e. The van der Waals surface area contributed by atoms with Crippen LogP contribution in [0.1, 0.15) is 0 Å². The Bertz CT molecular complexity index is 1020. The number of carbonyl (C=O) groups is 1. The first-order chi connectivity index (χ1) is 13.2. The molecule has 0 aliphatic carbocycles. The lowest BCUT2D eigenvalue weighted by Gasteiger charge is -2.04. The van der Waals surface area contributed by atoms with Gasteiger partial charge < -0.3 is 15.4 Å². The molecule has 0 aliphatic heterocycles. The number of anilines is 2. The fraction of sp³-hybridized carbons (Fsp3) is 0.111. The third-order valence-corrected chi connectivity index (χ3v) is 4.33. The molecule has 3 aromatic heterocycles. The number of benzene rings is 1. The number of ether oxygens (including phenoxy) is 1. The largest absolute Gasteiger partial charge is 0.497 e. The number of thiazole rings is 1. The normalized spacial score (nSPS) is 10.0. The van der Waals surface area contributed by atoms with E-state index in [1.54, 1.807) is 35.4 Å². The lowest BCUT2D eigenvalue weighted by atomic mass is 10.1.